The third kappa shape index (κ3) is 10.2. The van der Waals surface area contributed by atoms with Crippen LogP contribution in [0.2, 0.25) is 10.0 Å². The standard InChI is InChI=1S/C19H25ClN2OS.C18H24ClN3O/c1-18(2,3)14-9-7-13(8-10-14)12-24-15-11-21-22(19(4,5)6)17(23)16(15)20;1-6-14-15(19)16(22(5)21-14)17(23)20-11-12-7-9-13(10-8-12)18(2,3)4/h7-11H,12H2,1-6H3;7-10H,6,11H2,1-5H3,(H,20,23). The van der Waals surface area contributed by atoms with Crippen LogP contribution in [0.3, 0.4) is 0 Å². The fraction of sp³-hybridized carbons (Fsp3) is 0.459. The van der Waals surface area contributed by atoms with Crippen molar-refractivity contribution >= 4 is 40.9 Å². The Bertz CT molecular complexity index is 1720. The lowest BCUT2D eigenvalue weighted by Crippen LogP contribution is -2.36. The van der Waals surface area contributed by atoms with Crippen molar-refractivity contribution < 1.29 is 4.79 Å². The minimum atomic E-state index is -0.382. The van der Waals surface area contributed by atoms with Crippen LogP contribution in [0.1, 0.15) is 108 Å². The van der Waals surface area contributed by atoms with E-state index in [-0.39, 0.29) is 32.9 Å². The number of halogens is 2. The predicted octanol–water partition coefficient (Wildman–Crippen LogP) is 9.10. The summed E-state index contributed by atoms with van der Waals surface area (Å²) in [6.45, 7) is 21.4. The Kier molecular flexibility index (Phi) is 12.6. The second-order valence-corrected chi connectivity index (χ2v) is 16.4. The summed E-state index contributed by atoms with van der Waals surface area (Å²) in [5.74, 6) is 0.551. The van der Waals surface area contributed by atoms with Gasteiger partial charge in [-0.1, -0.05) is 120 Å². The van der Waals surface area contributed by atoms with E-state index in [0.29, 0.717) is 23.7 Å². The van der Waals surface area contributed by atoms with E-state index in [2.05, 4.69) is 93.5 Å². The molecule has 47 heavy (non-hydrogen) atoms. The van der Waals surface area contributed by atoms with E-state index in [1.807, 2.05) is 39.8 Å². The highest BCUT2D eigenvalue weighted by Gasteiger charge is 2.21. The minimum Gasteiger partial charge on any atom is -0.347 e. The molecule has 0 bridgehead atoms. The molecule has 4 aromatic rings. The number of carbonyl (C=O) groups is 1. The van der Waals surface area contributed by atoms with Gasteiger partial charge in [-0.25, -0.2) is 4.68 Å². The first kappa shape index (κ1) is 38.4. The van der Waals surface area contributed by atoms with Crippen LogP contribution in [0.25, 0.3) is 0 Å². The lowest BCUT2D eigenvalue weighted by atomic mass is 9.87. The van der Waals surface area contributed by atoms with Crippen LogP contribution < -0.4 is 10.9 Å². The molecule has 0 saturated heterocycles. The van der Waals surface area contributed by atoms with Gasteiger partial charge in [-0.3, -0.25) is 14.3 Å². The Hall–Kier alpha value is -3.07. The lowest BCUT2D eigenvalue weighted by Gasteiger charge is -2.21. The van der Waals surface area contributed by atoms with Crippen LogP contribution >= 0.6 is 35.0 Å². The molecule has 4 rings (SSSR count). The summed E-state index contributed by atoms with van der Waals surface area (Å²) >= 11 is 14.0. The Labute approximate surface area is 294 Å². The van der Waals surface area contributed by atoms with Gasteiger partial charge >= 0.3 is 0 Å². The van der Waals surface area contributed by atoms with Gasteiger partial charge in [-0.15, -0.1) is 11.8 Å². The number of rotatable bonds is 7. The number of hydrogen-bond acceptors (Lipinski definition) is 5. The van der Waals surface area contributed by atoms with Crippen molar-refractivity contribution in [2.45, 2.75) is 109 Å². The topological polar surface area (TPSA) is 81.8 Å². The van der Waals surface area contributed by atoms with E-state index in [9.17, 15) is 9.59 Å². The molecule has 0 atom stereocenters. The van der Waals surface area contributed by atoms with Gasteiger partial charge in [0.15, 0.2) is 0 Å². The van der Waals surface area contributed by atoms with Gasteiger partial charge in [-0.05, 0) is 60.3 Å². The molecule has 2 heterocycles. The van der Waals surface area contributed by atoms with Gasteiger partial charge in [0, 0.05) is 19.3 Å². The monoisotopic (exact) mass is 697 g/mol. The van der Waals surface area contributed by atoms with E-state index < -0.39 is 0 Å². The maximum atomic E-state index is 12.4. The van der Waals surface area contributed by atoms with E-state index in [1.165, 1.54) is 33.1 Å². The van der Waals surface area contributed by atoms with Crippen LogP contribution in [0.5, 0.6) is 0 Å². The average Bonchev–Trinajstić information content (AvgIpc) is 3.28. The molecule has 0 aliphatic heterocycles. The van der Waals surface area contributed by atoms with Gasteiger partial charge in [0.2, 0.25) is 0 Å². The van der Waals surface area contributed by atoms with Crippen molar-refractivity contribution in [2.24, 2.45) is 7.05 Å². The number of benzene rings is 2. The summed E-state index contributed by atoms with van der Waals surface area (Å²) in [6, 6.07) is 16.9. The molecule has 254 valence electrons. The number of aryl methyl sites for hydroxylation is 2. The fourth-order valence-electron chi connectivity index (χ4n) is 4.67. The molecule has 0 radical (unpaired) electrons. The highest BCUT2D eigenvalue weighted by atomic mass is 35.5. The molecule has 0 aliphatic carbocycles. The Morgan fingerprint density at radius 3 is 1.79 bits per heavy atom. The van der Waals surface area contributed by atoms with Crippen molar-refractivity contribution in [3.8, 4) is 0 Å². The van der Waals surface area contributed by atoms with Crippen LogP contribution in [0, 0.1) is 0 Å². The zero-order valence-electron chi connectivity index (χ0n) is 29.6. The molecule has 10 heteroatoms. The summed E-state index contributed by atoms with van der Waals surface area (Å²) < 4.78 is 2.97. The van der Waals surface area contributed by atoms with Crippen molar-refractivity contribution in [1.29, 1.82) is 0 Å². The second kappa shape index (κ2) is 15.4. The molecule has 2 aromatic carbocycles. The first-order valence-electron chi connectivity index (χ1n) is 15.8. The Balaban J connectivity index is 0.000000256. The van der Waals surface area contributed by atoms with E-state index in [0.717, 1.165) is 21.9 Å². The fourth-order valence-corrected chi connectivity index (χ4v) is 6.20. The molecule has 0 unspecified atom stereocenters. The Morgan fingerprint density at radius 2 is 1.34 bits per heavy atom. The zero-order chi connectivity index (χ0) is 35.3. The molecule has 0 fully saturated rings. The smallest absolute Gasteiger partial charge is 0.287 e. The first-order chi connectivity index (χ1) is 21.7. The number of carbonyl (C=O) groups excluding carboxylic acids is 1. The molecule has 1 N–H and O–H groups in total. The maximum absolute atomic E-state index is 12.4. The summed E-state index contributed by atoms with van der Waals surface area (Å²) in [6.07, 6.45) is 2.39. The summed E-state index contributed by atoms with van der Waals surface area (Å²) in [5, 5.41) is 12.1. The minimum absolute atomic E-state index is 0.126. The highest BCUT2D eigenvalue weighted by Crippen LogP contribution is 2.29. The van der Waals surface area contributed by atoms with Crippen molar-refractivity contribution in [1.82, 2.24) is 24.9 Å². The van der Waals surface area contributed by atoms with Crippen molar-refractivity contribution in [2.75, 3.05) is 0 Å². The van der Waals surface area contributed by atoms with Gasteiger partial charge < -0.3 is 5.32 Å². The summed E-state index contributed by atoms with van der Waals surface area (Å²) in [7, 11) is 1.73. The third-order valence-corrected chi connectivity index (χ3v) is 9.59. The second-order valence-electron chi connectivity index (χ2n) is 14.7. The molecule has 2 aromatic heterocycles. The molecule has 0 spiro atoms. The van der Waals surface area contributed by atoms with Gasteiger partial charge in [0.05, 0.1) is 27.3 Å². The van der Waals surface area contributed by atoms with Crippen LogP contribution in [0.15, 0.2) is 64.4 Å². The van der Waals surface area contributed by atoms with Crippen LogP contribution in [0.4, 0.5) is 0 Å². The highest BCUT2D eigenvalue weighted by molar-refractivity contribution is 7.98. The molecule has 0 saturated carbocycles. The normalized spacial score (nSPS) is 12.0. The number of amides is 1. The third-order valence-electron chi connectivity index (χ3n) is 7.62. The van der Waals surface area contributed by atoms with Crippen LogP contribution in [-0.4, -0.2) is 25.5 Å². The molecule has 1 amide bonds. The quantitative estimate of drug-likeness (QED) is 0.195. The van der Waals surface area contributed by atoms with Gasteiger partial charge in [0.1, 0.15) is 10.7 Å². The molecule has 7 nitrogen and oxygen atoms in total. The van der Waals surface area contributed by atoms with E-state index >= 15 is 0 Å². The maximum Gasteiger partial charge on any atom is 0.287 e. The number of hydrogen-bond donors (Lipinski definition) is 1. The number of thioether (sulfide) groups is 1. The predicted molar refractivity (Wildman–Crippen MR) is 197 cm³/mol. The SMILES string of the molecule is CC(C)(C)c1ccc(CSc2cnn(C(C)(C)C)c(=O)c2Cl)cc1.CCc1nn(C)c(C(=O)NCc2ccc(C(C)(C)C)cc2)c1Cl. The summed E-state index contributed by atoms with van der Waals surface area (Å²) in [5.41, 5.74) is 5.65. The molecular weight excluding hydrogens is 649 g/mol. The molecular formula is C37H49Cl2N5O2S. The van der Waals surface area contributed by atoms with Crippen molar-refractivity contribution in [3.63, 3.8) is 0 Å². The zero-order valence-corrected chi connectivity index (χ0v) is 31.9. The van der Waals surface area contributed by atoms with E-state index in [1.54, 1.807) is 17.9 Å². The van der Waals surface area contributed by atoms with Crippen molar-refractivity contribution in [3.05, 3.63) is 109 Å². The largest absolute Gasteiger partial charge is 0.347 e. The van der Waals surface area contributed by atoms with Crippen LogP contribution in [-0.2, 0) is 42.1 Å². The summed E-state index contributed by atoms with van der Waals surface area (Å²) in [4.78, 5) is 25.4. The number of aromatic nitrogens is 4. The van der Waals surface area contributed by atoms with E-state index in [4.69, 9.17) is 23.2 Å². The molecule has 0 aliphatic rings. The number of nitrogens with one attached hydrogen (secondary N) is 1. The number of nitrogens with zero attached hydrogens (tertiary/aromatic N) is 4. The first-order valence-corrected chi connectivity index (χ1v) is 17.6. The average molecular weight is 699 g/mol. The van der Waals surface area contributed by atoms with Gasteiger partial charge in [0.25, 0.3) is 11.5 Å². The Morgan fingerprint density at radius 1 is 0.830 bits per heavy atom. The lowest BCUT2D eigenvalue weighted by molar-refractivity contribution is 0.0941. The van der Waals surface area contributed by atoms with Gasteiger partial charge in [-0.2, -0.15) is 10.2 Å².